The maximum atomic E-state index is 10.0. The van der Waals surface area contributed by atoms with Gasteiger partial charge in [-0.05, 0) is 6.08 Å². The lowest BCUT2D eigenvalue weighted by molar-refractivity contribution is -0.123. The van der Waals surface area contributed by atoms with E-state index < -0.39 is 0 Å². The maximum Gasteiger partial charge on any atom is 0.297 e. The summed E-state index contributed by atoms with van der Waals surface area (Å²) < 4.78 is 6.31. The fourth-order valence-corrected chi connectivity index (χ4v) is 1.54. The molecule has 0 atom stereocenters. The van der Waals surface area contributed by atoms with Crippen molar-refractivity contribution in [2.45, 2.75) is 0 Å². The molecule has 82 valence electrons. The van der Waals surface area contributed by atoms with Crippen LogP contribution in [0.1, 0.15) is 5.56 Å². The van der Waals surface area contributed by atoms with Crippen LogP contribution in [0.2, 0.25) is 0 Å². The van der Waals surface area contributed by atoms with E-state index in [0.29, 0.717) is 12.3 Å². The van der Waals surface area contributed by atoms with Gasteiger partial charge in [-0.2, -0.15) is 0 Å². The molecule has 0 fully saturated rings. The predicted octanol–water partition coefficient (Wildman–Crippen LogP) is 0.694. The molecule has 0 aliphatic heterocycles. The molecular formula is C10H10N4O2. The fourth-order valence-electron chi connectivity index (χ4n) is 1.54. The topological polar surface area (TPSA) is 83.0 Å². The predicted molar refractivity (Wildman–Crippen MR) is 59.1 cm³/mol. The highest BCUT2D eigenvalue weighted by Gasteiger charge is 2.09. The number of carbonyl (C=O) groups is 1. The van der Waals surface area contributed by atoms with Crippen molar-refractivity contribution in [3.05, 3.63) is 24.3 Å². The summed E-state index contributed by atoms with van der Waals surface area (Å²) in [5.41, 5.74) is 7.30. The summed E-state index contributed by atoms with van der Waals surface area (Å²) in [6.45, 7) is 0.349. The van der Waals surface area contributed by atoms with Gasteiger partial charge in [-0.3, -0.25) is 4.79 Å². The van der Waals surface area contributed by atoms with Gasteiger partial charge in [0.1, 0.15) is 17.8 Å². The van der Waals surface area contributed by atoms with Crippen LogP contribution in [0.3, 0.4) is 0 Å². The molecule has 0 aliphatic carbocycles. The third-order valence-corrected chi connectivity index (χ3v) is 2.19. The molecule has 2 aromatic rings. The van der Waals surface area contributed by atoms with E-state index in [1.807, 2.05) is 17.8 Å². The molecule has 0 saturated heterocycles. The minimum atomic E-state index is 0.349. The first-order valence-corrected chi connectivity index (χ1v) is 4.55. The Kier molecular flexibility index (Phi) is 2.55. The molecule has 6 heteroatoms. The normalized spacial score (nSPS) is 11.1. The molecule has 2 rings (SSSR count). The lowest BCUT2D eigenvalue weighted by atomic mass is 10.2. The Bertz CT molecular complexity index is 559. The van der Waals surface area contributed by atoms with Gasteiger partial charge >= 0.3 is 0 Å². The minimum Gasteiger partial charge on any atom is -0.437 e. The van der Waals surface area contributed by atoms with Gasteiger partial charge in [-0.15, -0.1) is 0 Å². The average Bonchev–Trinajstić information content (AvgIpc) is 2.58. The van der Waals surface area contributed by atoms with E-state index in [9.17, 15) is 4.79 Å². The minimum absolute atomic E-state index is 0.349. The van der Waals surface area contributed by atoms with Crippen LogP contribution in [0.5, 0.6) is 0 Å². The van der Waals surface area contributed by atoms with E-state index >= 15 is 0 Å². The van der Waals surface area contributed by atoms with Gasteiger partial charge < -0.3 is 15.0 Å². The van der Waals surface area contributed by atoms with Gasteiger partial charge in [-0.1, -0.05) is 0 Å². The lowest BCUT2D eigenvalue weighted by Crippen LogP contribution is -1.94. The van der Waals surface area contributed by atoms with E-state index in [1.54, 1.807) is 6.08 Å². The zero-order valence-corrected chi connectivity index (χ0v) is 8.62. The van der Waals surface area contributed by atoms with Crippen LogP contribution in [0.4, 0.5) is 5.82 Å². The Morgan fingerprint density at radius 1 is 1.50 bits per heavy atom. The molecule has 0 bridgehead atoms. The van der Waals surface area contributed by atoms with Crippen molar-refractivity contribution in [2.24, 2.45) is 7.05 Å². The molecule has 0 unspecified atom stereocenters. The van der Waals surface area contributed by atoms with Crippen LogP contribution < -0.4 is 5.73 Å². The number of rotatable bonds is 3. The summed E-state index contributed by atoms with van der Waals surface area (Å²) in [6, 6.07) is 0. The first-order chi connectivity index (χ1) is 7.74. The molecule has 0 amide bonds. The number of carbonyl (C=O) groups excluding carboxylic acids is 1. The molecule has 2 heterocycles. The molecule has 0 aromatic carbocycles. The van der Waals surface area contributed by atoms with Crippen molar-refractivity contribution in [3.63, 3.8) is 0 Å². The summed E-state index contributed by atoms with van der Waals surface area (Å²) in [7, 11) is 1.85. The summed E-state index contributed by atoms with van der Waals surface area (Å²) >= 11 is 0. The van der Waals surface area contributed by atoms with Crippen molar-refractivity contribution in [1.82, 2.24) is 14.5 Å². The second-order valence-corrected chi connectivity index (χ2v) is 3.19. The molecule has 2 aromatic heterocycles. The van der Waals surface area contributed by atoms with E-state index in [-0.39, 0.29) is 0 Å². The molecular weight excluding hydrogens is 208 g/mol. The highest BCUT2D eigenvalue weighted by Crippen LogP contribution is 2.23. The van der Waals surface area contributed by atoms with E-state index in [0.717, 1.165) is 16.6 Å². The summed E-state index contributed by atoms with van der Waals surface area (Å²) in [4.78, 5) is 18.0. The van der Waals surface area contributed by atoms with Crippen LogP contribution in [-0.4, -0.2) is 21.0 Å². The zero-order valence-electron chi connectivity index (χ0n) is 8.62. The molecule has 0 radical (unpaired) electrons. The molecule has 16 heavy (non-hydrogen) atoms. The zero-order chi connectivity index (χ0) is 11.5. The Morgan fingerprint density at radius 2 is 2.31 bits per heavy atom. The van der Waals surface area contributed by atoms with Crippen LogP contribution in [0, 0.1) is 0 Å². The number of ether oxygens (including phenoxy) is 1. The van der Waals surface area contributed by atoms with Crippen molar-refractivity contribution in [2.75, 3.05) is 5.73 Å². The number of aryl methyl sites for hydroxylation is 1. The van der Waals surface area contributed by atoms with Crippen LogP contribution in [-0.2, 0) is 16.6 Å². The molecule has 2 N–H and O–H groups in total. The van der Waals surface area contributed by atoms with Crippen LogP contribution in [0.15, 0.2) is 18.8 Å². The lowest BCUT2D eigenvalue weighted by Gasteiger charge is -1.96. The SMILES string of the molecule is Cn1cc(/C=C/OC=O)c2c(N)ncnc21. The highest BCUT2D eigenvalue weighted by molar-refractivity contribution is 5.94. The highest BCUT2D eigenvalue weighted by atomic mass is 16.5. The monoisotopic (exact) mass is 218 g/mol. The fraction of sp³-hybridized carbons (Fsp3) is 0.100. The van der Waals surface area contributed by atoms with Crippen LogP contribution >= 0.6 is 0 Å². The average molecular weight is 218 g/mol. The van der Waals surface area contributed by atoms with Gasteiger partial charge in [0.05, 0.1) is 11.6 Å². The van der Waals surface area contributed by atoms with Gasteiger partial charge in [0, 0.05) is 18.8 Å². The quantitative estimate of drug-likeness (QED) is 0.605. The maximum absolute atomic E-state index is 10.0. The van der Waals surface area contributed by atoms with E-state index in [4.69, 9.17) is 5.73 Å². The van der Waals surface area contributed by atoms with E-state index in [2.05, 4.69) is 14.7 Å². The number of fused-ring (bicyclic) bond motifs is 1. The number of aromatic nitrogens is 3. The second kappa shape index (κ2) is 4.01. The van der Waals surface area contributed by atoms with Crippen molar-refractivity contribution >= 4 is 29.4 Å². The molecule has 0 saturated carbocycles. The number of nitrogens with zero attached hydrogens (tertiary/aromatic N) is 3. The summed E-state index contributed by atoms with van der Waals surface area (Å²) in [5, 5.41) is 0.746. The van der Waals surface area contributed by atoms with Crippen molar-refractivity contribution in [3.8, 4) is 0 Å². The standard InChI is InChI=1S/C10H10N4O2/c1-14-4-7(2-3-16-6-15)8-9(11)12-5-13-10(8)14/h2-6H,1H3,(H2,11,12,13)/b3-2+. The third-order valence-electron chi connectivity index (χ3n) is 2.19. The van der Waals surface area contributed by atoms with Gasteiger partial charge in [0.15, 0.2) is 0 Å². The number of nitrogen functional groups attached to an aromatic ring is 1. The number of hydrogen-bond acceptors (Lipinski definition) is 5. The Hall–Kier alpha value is -2.37. The van der Waals surface area contributed by atoms with Crippen molar-refractivity contribution < 1.29 is 9.53 Å². The summed E-state index contributed by atoms with van der Waals surface area (Å²) in [6.07, 6.45) is 6.16. The third kappa shape index (κ3) is 1.60. The first-order valence-electron chi connectivity index (χ1n) is 4.55. The smallest absolute Gasteiger partial charge is 0.297 e. The Labute approximate surface area is 91.4 Å². The number of nitrogens with two attached hydrogens (primary N) is 1. The van der Waals surface area contributed by atoms with Gasteiger partial charge in [-0.25, -0.2) is 9.97 Å². The van der Waals surface area contributed by atoms with Gasteiger partial charge in [0.2, 0.25) is 0 Å². The molecule has 0 aliphatic rings. The van der Waals surface area contributed by atoms with E-state index in [1.165, 1.54) is 12.6 Å². The number of hydrogen-bond donors (Lipinski definition) is 1. The first kappa shape index (κ1) is 10.2. The molecule has 0 spiro atoms. The number of anilines is 1. The van der Waals surface area contributed by atoms with Crippen molar-refractivity contribution in [1.29, 1.82) is 0 Å². The van der Waals surface area contributed by atoms with Gasteiger partial charge in [0.25, 0.3) is 6.47 Å². The Balaban J connectivity index is 2.57. The molecule has 6 nitrogen and oxygen atoms in total. The second-order valence-electron chi connectivity index (χ2n) is 3.19. The van der Waals surface area contributed by atoms with Crippen LogP contribution in [0.25, 0.3) is 17.1 Å². The summed E-state index contributed by atoms with van der Waals surface area (Å²) in [5.74, 6) is 0.399. The Morgan fingerprint density at radius 3 is 3.06 bits per heavy atom. The largest absolute Gasteiger partial charge is 0.437 e.